The molecule has 0 saturated carbocycles. The molecule has 0 atom stereocenters. The highest BCUT2D eigenvalue weighted by atomic mass is 32.1. The molecular formula is C18H22BFN2O4S. The summed E-state index contributed by atoms with van der Waals surface area (Å²) in [7, 11) is 0.222. The van der Waals surface area contributed by atoms with Crippen molar-refractivity contribution in [1.29, 1.82) is 0 Å². The molecule has 0 N–H and O–H groups in total. The topological polar surface area (TPSA) is 62.6 Å². The number of hydrogen-bond acceptors (Lipinski definition) is 6. The average Bonchev–Trinajstić information content (AvgIpc) is 3.27. The number of esters is 1. The molecule has 144 valence electrons. The summed E-state index contributed by atoms with van der Waals surface area (Å²) in [5.74, 6) is -0.433. The van der Waals surface area contributed by atoms with Crippen molar-refractivity contribution in [2.24, 2.45) is 0 Å². The van der Waals surface area contributed by atoms with Crippen molar-refractivity contribution < 1.29 is 23.2 Å². The van der Waals surface area contributed by atoms with Gasteiger partial charge < -0.3 is 14.0 Å². The monoisotopic (exact) mass is 392 g/mol. The molecule has 0 aromatic carbocycles. The van der Waals surface area contributed by atoms with Gasteiger partial charge in [-0.3, -0.25) is 9.48 Å². The zero-order valence-electron chi connectivity index (χ0n) is 16.0. The van der Waals surface area contributed by atoms with Crippen molar-refractivity contribution in [3.63, 3.8) is 0 Å². The molecule has 27 heavy (non-hydrogen) atoms. The highest BCUT2D eigenvalue weighted by Crippen LogP contribution is 2.39. The lowest BCUT2D eigenvalue weighted by atomic mass is 9.87. The quantitative estimate of drug-likeness (QED) is 0.573. The van der Waals surface area contributed by atoms with E-state index in [2.05, 4.69) is 9.84 Å². The summed E-state index contributed by atoms with van der Waals surface area (Å²) in [6, 6.07) is 3.77. The van der Waals surface area contributed by atoms with Crippen LogP contribution in [0.1, 0.15) is 33.3 Å². The van der Waals surface area contributed by atoms with Gasteiger partial charge in [-0.1, -0.05) is 6.07 Å². The van der Waals surface area contributed by atoms with E-state index < -0.39 is 30.0 Å². The highest BCUT2D eigenvalue weighted by Gasteiger charge is 2.53. The molecule has 0 spiro atoms. The van der Waals surface area contributed by atoms with Crippen LogP contribution in [0.3, 0.4) is 0 Å². The lowest BCUT2D eigenvalue weighted by Gasteiger charge is -2.32. The summed E-state index contributed by atoms with van der Waals surface area (Å²) < 4.78 is 32.5. The second-order valence-corrected chi connectivity index (χ2v) is 8.25. The number of methoxy groups -OCH3 is 1. The molecule has 0 aliphatic carbocycles. The van der Waals surface area contributed by atoms with Crippen LogP contribution in [0.4, 0.5) is 4.39 Å². The van der Waals surface area contributed by atoms with Crippen molar-refractivity contribution in [3.8, 4) is 10.6 Å². The van der Waals surface area contributed by atoms with Crippen LogP contribution in [-0.4, -0.2) is 41.2 Å². The molecule has 3 heterocycles. The third-order valence-corrected chi connectivity index (χ3v) is 5.71. The normalized spacial score (nSPS) is 18.7. The summed E-state index contributed by atoms with van der Waals surface area (Å²) >= 11 is 1.48. The van der Waals surface area contributed by atoms with Crippen LogP contribution in [0.15, 0.2) is 29.4 Å². The van der Waals surface area contributed by atoms with Gasteiger partial charge in [0.1, 0.15) is 18.0 Å². The smallest absolute Gasteiger partial charge is 0.468 e. The average molecular weight is 392 g/mol. The van der Waals surface area contributed by atoms with Gasteiger partial charge in [0.25, 0.3) is 0 Å². The van der Waals surface area contributed by atoms with Gasteiger partial charge in [-0.15, -0.1) is 11.3 Å². The zero-order chi connectivity index (χ0) is 19.8. The first-order valence-corrected chi connectivity index (χ1v) is 9.42. The van der Waals surface area contributed by atoms with Crippen LogP contribution >= 0.6 is 11.3 Å². The molecule has 3 rings (SSSR count). The van der Waals surface area contributed by atoms with Crippen molar-refractivity contribution in [1.82, 2.24) is 9.78 Å². The van der Waals surface area contributed by atoms with E-state index in [-0.39, 0.29) is 6.54 Å². The Hall–Kier alpha value is -1.97. The first-order chi connectivity index (χ1) is 12.6. The predicted octanol–water partition coefficient (Wildman–Crippen LogP) is 3.73. The van der Waals surface area contributed by atoms with E-state index >= 15 is 0 Å². The molecule has 1 fully saturated rings. The Morgan fingerprint density at radius 2 is 2.04 bits per heavy atom. The van der Waals surface area contributed by atoms with Crippen molar-refractivity contribution in [2.45, 2.75) is 45.4 Å². The maximum absolute atomic E-state index is 14.9. The number of rotatable bonds is 5. The first kappa shape index (κ1) is 19.8. The highest BCUT2D eigenvalue weighted by molar-refractivity contribution is 7.13. The largest absolute Gasteiger partial charge is 0.525 e. The number of halogens is 1. The second kappa shape index (κ2) is 7.22. The van der Waals surface area contributed by atoms with Crippen molar-refractivity contribution >= 4 is 30.5 Å². The predicted molar refractivity (Wildman–Crippen MR) is 103 cm³/mol. The van der Waals surface area contributed by atoms with E-state index in [1.165, 1.54) is 29.2 Å². The standard InChI is InChI=1S/C18H22BFN2O4S/c1-17(2)18(3,4)26-19(25-17)14(20)9-12-10-22(11-15(23)24-5)21-16(12)13-7-6-8-27-13/h6-10H,11H2,1-5H3. The number of ether oxygens (including phenoxy) is 1. The number of thiophene rings is 1. The Morgan fingerprint density at radius 1 is 1.37 bits per heavy atom. The van der Waals surface area contributed by atoms with E-state index in [0.717, 1.165) is 4.88 Å². The van der Waals surface area contributed by atoms with Crippen LogP contribution in [0.2, 0.25) is 0 Å². The Morgan fingerprint density at radius 3 is 2.59 bits per heavy atom. The maximum Gasteiger partial charge on any atom is 0.525 e. The molecule has 0 amide bonds. The molecule has 1 saturated heterocycles. The zero-order valence-corrected chi connectivity index (χ0v) is 16.8. The lowest BCUT2D eigenvalue weighted by Crippen LogP contribution is -2.41. The number of aromatic nitrogens is 2. The van der Waals surface area contributed by atoms with Gasteiger partial charge in [0.05, 0.1) is 23.2 Å². The third kappa shape index (κ3) is 4.00. The summed E-state index contributed by atoms with van der Waals surface area (Å²) in [6.07, 6.45) is 2.95. The van der Waals surface area contributed by atoms with Crippen LogP contribution in [-0.2, 0) is 25.4 Å². The van der Waals surface area contributed by atoms with Gasteiger partial charge in [-0.05, 0) is 45.2 Å². The Bertz CT molecular complexity index is 845. The van der Waals surface area contributed by atoms with E-state index in [1.807, 2.05) is 45.2 Å². The molecule has 1 aliphatic rings. The summed E-state index contributed by atoms with van der Waals surface area (Å²) in [6.45, 7) is 7.41. The van der Waals surface area contributed by atoms with Crippen LogP contribution in [0, 0.1) is 0 Å². The molecule has 2 aromatic heterocycles. The van der Waals surface area contributed by atoms with Crippen molar-refractivity contribution in [3.05, 3.63) is 35.0 Å². The lowest BCUT2D eigenvalue weighted by molar-refractivity contribution is -0.141. The molecule has 0 bridgehead atoms. The van der Waals surface area contributed by atoms with Crippen molar-refractivity contribution in [2.75, 3.05) is 7.11 Å². The number of carbonyl (C=O) groups is 1. The Labute approximate surface area is 162 Å². The number of hydrogen-bond donors (Lipinski definition) is 0. The SMILES string of the molecule is COC(=O)Cn1cc(C=C(F)B2OC(C)(C)C(C)(C)O2)c(-c2cccs2)n1. The third-order valence-electron chi connectivity index (χ3n) is 4.84. The van der Waals surface area contributed by atoms with Gasteiger partial charge in [0.2, 0.25) is 0 Å². The maximum atomic E-state index is 14.9. The summed E-state index contributed by atoms with van der Waals surface area (Å²) in [5.41, 5.74) is -0.693. The van der Waals surface area contributed by atoms with Crippen LogP contribution < -0.4 is 0 Å². The molecular weight excluding hydrogens is 370 g/mol. The second-order valence-electron chi connectivity index (χ2n) is 7.30. The fourth-order valence-corrected chi connectivity index (χ4v) is 3.33. The van der Waals surface area contributed by atoms with E-state index in [9.17, 15) is 9.18 Å². The van der Waals surface area contributed by atoms with Crippen LogP contribution in [0.5, 0.6) is 0 Å². The van der Waals surface area contributed by atoms with Gasteiger partial charge >= 0.3 is 13.1 Å². The van der Waals surface area contributed by atoms with E-state index in [0.29, 0.717) is 11.3 Å². The van der Waals surface area contributed by atoms with Gasteiger partial charge in [-0.25, -0.2) is 4.39 Å². The van der Waals surface area contributed by atoms with Gasteiger partial charge in [-0.2, -0.15) is 5.10 Å². The Balaban J connectivity index is 1.93. The minimum absolute atomic E-state index is 0.0547. The molecule has 0 radical (unpaired) electrons. The van der Waals surface area contributed by atoms with Gasteiger partial charge in [0, 0.05) is 11.8 Å². The van der Waals surface area contributed by atoms with Crippen LogP contribution in [0.25, 0.3) is 16.6 Å². The molecule has 0 unspecified atom stereocenters. The van der Waals surface area contributed by atoms with E-state index in [1.54, 1.807) is 6.20 Å². The molecule has 1 aliphatic heterocycles. The number of carbonyl (C=O) groups excluding carboxylic acids is 1. The molecule has 9 heteroatoms. The fourth-order valence-electron chi connectivity index (χ4n) is 2.60. The fraction of sp³-hybridized carbons (Fsp3) is 0.444. The Kier molecular flexibility index (Phi) is 5.29. The molecule has 2 aromatic rings. The minimum Gasteiger partial charge on any atom is -0.468 e. The van der Waals surface area contributed by atoms with E-state index in [4.69, 9.17) is 9.31 Å². The molecule has 6 nitrogen and oxygen atoms in total. The minimum atomic E-state index is -1.09. The summed E-state index contributed by atoms with van der Waals surface area (Å²) in [4.78, 5) is 12.4. The van der Waals surface area contributed by atoms with Gasteiger partial charge in [0.15, 0.2) is 0 Å². The number of nitrogens with zero attached hydrogens (tertiary/aromatic N) is 2. The summed E-state index contributed by atoms with van der Waals surface area (Å²) in [5, 5.41) is 6.32. The first-order valence-electron chi connectivity index (χ1n) is 8.54.